The fourth-order valence-corrected chi connectivity index (χ4v) is 3.86. The Bertz CT molecular complexity index is 1000. The van der Waals surface area contributed by atoms with Gasteiger partial charge in [-0.1, -0.05) is 35.4 Å². The van der Waals surface area contributed by atoms with Crippen LogP contribution in [0.2, 0.25) is 0 Å². The number of aromatic nitrogens is 2. The predicted molar refractivity (Wildman–Crippen MR) is 98.7 cm³/mol. The summed E-state index contributed by atoms with van der Waals surface area (Å²) in [5.41, 5.74) is 0.458. The highest BCUT2D eigenvalue weighted by Gasteiger charge is 2.20. The molecule has 9 heteroatoms. The molecule has 25 heavy (non-hydrogen) atoms. The molecule has 0 aliphatic rings. The molecule has 0 saturated heterocycles. The molecule has 128 valence electrons. The first-order chi connectivity index (χ1) is 12.0. The average molecular weight is 469 g/mol. The lowest BCUT2D eigenvalue weighted by atomic mass is 10.2. The number of anilines is 1. The molecular formula is C16H12IN3O4S. The number of carbonyl (C=O) groups is 1. The Labute approximate surface area is 157 Å². The third-order valence-corrected chi connectivity index (χ3v) is 5.78. The Morgan fingerprint density at radius 3 is 2.44 bits per heavy atom. The number of benzene rings is 2. The molecule has 7 nitrogen and oxygen atoms in total. The van der Waals surface area contributed by atoms with Crippen LogP contribution in [0, 0.1) is 3.57 Å². The number of nitrogens with one attached hydrogen (secondary N) is 1. The largest absolute Gasteiger partial charge is 0.407 e. The topological polar surface area (TPSA) is 102 Å². The number of nitrogens with zero attached hydrogens (tertiary/aromatic N) is 2. The maximum Gasteiger partial charge on any atom is 0.322 e. The van der Waals surface area contributed by atoms with Gasteiger partial charge in [-0.05, 0) is 46.9 Å². The molecule has 0 aliphatic heterocycles. The second-order valence-electron chi connectivity index (χ2n) is 5.01. The summed E-state index contributed by atoms with van der Waals surface area (Å²) in [5, 5.41) is 9.82. The van der Waals surface area contributed by atoms with Crippen LogP contribution in [0.25, 0.3) is 0 Å². The molecular weight excluding hydrogens is 457 g/mol. The lowest BCUT2D eigenvalue weighted by Gasteiger charge is -2.02. The van der Waals surface area contributed by atoms with E-state index in [4.69, 9.17) is 4.42 Å². The summed E-state index contributed by atoms with van der Waals surface area (Å²) < 4.78 is 30.6. The van der Waals surface area contributed by atoms with Crippen molar-refractivity contribution in [1.82, 2.24) is 10.2 Å². The van der Waals surface area contributed by atoms with E-state index in [1.807, 2.05) is 28.7 Å². The van der Waals surface area contributed by atoms with Crippen molar-refractivity contribution >= 4 is 44.3 Å². The number of amides is 1. The Morgan fingerprint density at radius 2 is 1.72 bits per heavy atom. The van der Waals surface area contributed by atoms with Gasteiger partial charge in [0.05, 0.1) is 10.5 Å². The van der Waals surface area contributed by atoms with Gasteiger partial charge in [0.15, 0.2) is 9.84 Å². The zero-order chi connectivity index (χ0) is 17.9. The Hall–Kier alpha value is -2.27. The van der Waals surface area contributed by atoms with Gasteiger partial charge in [0.25, 0.3) is 5.91 Å². The Balaban J connectivity index is 1.73. The van der Waals surface area contributed by atoms with Crippen LogP contribution in [-0.4, -0.2) is 24.5 Å². The van der Waals surface area contributed by atoms with Crippen molar-refractivity contribution in [2.45, 2.75) is 10.6 Å². The molecule has 1 heterocycles. The van der Waals surface area contributed by atoms with Gasteiger partial charge in [-0.25, -0.2) is 8.42 Å². The van der Waals surface area contributed by atoms with Crippen molar-refractivity contribution in [3.05, 3.63) is 69.6 Å². The number of hydrogen-bond donors (Lipinski definition) is 1. The van der Waals surface area contributed by atoms with Crippen LogP contribution in [-0.2, 0) is 15.6 Å². The van der Waals surface area contributed by atoms with Crippen molar-refractivity contribution in [1.29, 1.82) is 0 Å². The smallest absolute Gasteiger partial charge is 0.322 e. The quantitative estimate of drug-likeness (QED) is 0.577. The van der Waals surface area contributed by atoms with Crippen molar-refractivity contribution in [2.75, 3.05) is 5.32 Å². The summed E-state index contributed by atoms with van der Waals surface area (Å²) in [6.07, 6.45) is 0. The molecule has 0 spiro atoms. The normalized spacial score (nSPS) is 11.2. The maximum atomic E-state index is 12.3. The van der Waals surface area contributed by atoms with Gasteiger partial charge in [0.2, 0.25) is 5.89 Å². The summed E-state index contributed by atoms with van der Waals surface area (Å²) in [7, 11) is -3.60. The molecule has 1 amide bonds. The van der Waals surface area contributed by atoms with E-state index in [1.54, 1.807) is 36.4 Å². The number of halogens is 1. The van der Waals surface area contributed by atoms with Gasteiger partial charge >= 0.3 is 6.01 Å². The summed E-state index contributed by atoms with van der Waals surface area (Å²) in [5.74, 6) is -0.948. The van der Waals surface area contributed by atoms with Crippen LogP contribution in [0.3, 0.4) is 0 Å². The monoisotopic (exact) mass is 469 g/mol. The number of carbonyl (C=O) groups excluding carboxylic acids is 1. The third-order valence-electron chi connectivity index (χ3n) is 3.22. The van der Waals surface area contributed by atoms with Crippen LogP contribution in [0.1, 0.15) is 16.2 Å². The molecule has 0 radical (unpaired) electrons. The highest BCUT2D eigenvalue weighted by atomic mass is 127. The van der Waals surface area contributed by atoms with Crippen molar-refractivity contribution < 1.29 is 17.6 Å². The van der Waals surface area contributed by atoms with Crippen LogP contribution in [0.4, 0.5) is 6.01 Å². The minimum absolute atomic E-state index is 0.0955. The molecule has 0 aliphatic carbocycles. The van der Waals surface area contributed by atoms with Gasteiger partial charge in [-0.15, -0.1) is 5.10 Å². The summed E-state index contributed by atoms with van der Waals surface area (Å²) in [4.78, 5) is 12.4. The molecule has 0 unspecified atom stereocenters. The van der Waals surface area contributed by atoms with Gasteiger partial charge in [0, 0.05) is 3.57 Å². The van der Waals surface area contributed by atoms with Crippen molar-refractivity contribution in [2.24, 2.45) is 0 Å². The van der Waals surface area contributed by atoms with E-state index in [0.717, 1.165) is 3.57 Å². The average Bonchev–Trinajstić information content (AvgIpc) is 3.02. The van der Waals surface area contributed by atoms with Crippen molar-refractivity contribution in [3.63, 3.8) is 0 Å². The van der Waals surface area contributed by atoms with E-state index in [9.17, 15) is 13.2 Å². The Morgan fingerprint density at radius 1 is 1.04 bits per heavy atom. The van der Waals surface area contributed by atoms with Crippen LogP contribution >= 0.6 is 22.6 Å². The predicted octanol–water partition coefficient (Wildman–Crippen LogP) is 2.90. The highest BCUT2D eigenvalue weighted by Crippen LogP contribution is 2.18. The van der Waals surface area contributed by atoms with E-state index in [1.165, 1.54) is 12.1 Å². The van der Waals surface area contributed by atoms with Crippen molar-refractivity contribution in [3.8, 4) is 0 Å². The molecule has 0 fully saturated rings. The third kappa shape index (κ3) is 4.23. The van der Waals surface area contributed by atoms with E-state index < -0.39 is 21.5 Å². The minimum Gasteiger partial charge on any atom is -0.407 e. The maximum absolute atomic E-state index is 12.3. The SMILES string of the molecule is O=C(Nc1nnc(CS(=O)(=O)c2ccccc2)o1)c1ccccc1I. The zero-order valence-corrected chi connectivity index (χ0v) is 15.7. The fourth-order valence-electron chi connectivity index (χ4n) is 2.05. The summed E-state index contributed by atoms with van der Waals surface area (Å²) in [6.45, 7) is 0. The molecule has 1 aromatic heterocycles. The first-order valence-electron chi connectivity index (χ1n) is 7.12. The lowest BCUT2D eigenvalue weighted by molar-refractivity contribution is 0.102. The van der Waals surface area contributed by atoms with Crippen LogP contribution in [0.5, 0.6) is 0 Å². The minimum atomic E-state index is -3.60. The molecule has 3 aromatic rings. The fraction of sp³-hybridized carbons (Fsp3) is 0.0625. The zero-order valence-electron chi connectivity index (χ0n) is 12.7. The molecule has 2 aromatic carbocycles. The van der Waals surface area contributed by atoms with Crippen LogP contribution < -0.4 is 5.32 Å². The Kier molecular flexibility index (Phi) is 5.13. The van der Waals surface area contributed by atoms with Gasteiger partial charge in [-0.2, -0.15) is 0 Å². The summed E-state index contributed by atoms with van der Waals surface area (Å²) >= 11 is 2.04. The van der Waals surface area contributed by atoms with Gasteiger partial charge < -0.3 is 4.42 Å². The molecule has 3 rings (SSSR count). The highest BCUT2D eigenvalue weighted by molar-refractivity contribution is 14.1. The second-order valence-corrected chi connectivity index (χ2v) is 8.16. The molecule has 0 bridgehead atoms. The van der Waals surface area contributed by atoms with Gasteiger partial charge in [-0.3, -0.25) is 10.1 Å². The first kappa shape index (κ1) is 17.5. The van der Waals surface area contributed by atoms with E-state index in [-0.39, 0.29) is 16.8 Å². The second kappa shape index (κ2) is 7.31. The van der Waals surface area contributed by atoms with Crippen LogP contribution in [0.15, 0.2) is 63.9 Å². The van der Waals surface area contributed by atoms with E-state index in [0.29, 0.717) is 5.56 Å². The van der Waals surface area contributed by atoms with E-state index >= 15 is 0 Å². The van der Waals surface area contributed by atoms with E-state index in [2.05, 4.69) is 15.5 Å². The van der Waals surface area contributed by atoms with Gasteiger partial charge in [0.1, 0.15) is 5.75 Å². The lowest BCUT2D eigenvalue weighted by Crippen LogP contribution is -2.13. The number of hydrogen-bond acceptors (Lipinski definition) is 6. The molecule has 0 atom stereocenters. The standard InChI is InChI=1S/C16H12IN3O4S/c17-13-9-5-4-8-12(13)15(21)18-16-20-19-14(24-16)10-25(22,23)11-6-2-1-3-7-11/h1-9H,10H2,(H,18,20,21). The number of sulfone groups is 1. The summed E-state index contributed by atoms with van der Waals surface area (Å²) in [6, 6.07) is 14.8. The molecule has 0 saturated carbocycles. The first-order valence-corrected chi connectivity index (χ1v) is 9.85. The number of rotatable bonds is 5. The molecule has 1 N–H and O–H groups in total.